The standard InChI is InChI=1S/C37H24OS/c1-3-12-26(13-4-1)37(27-14-5-2-6-15-27)30-18-8-9-19-32(30)38-33-24-25(22-23-31(33)37)28-17-11-21-35-36(28)29-16-7-10-20-34(29)39-35/h1-24H. The SMILES string of the molecule is c1ccc(C2(c3ccccc3)c3ccccc3Oc3cc(-c4cccc5sc6ccccc6c45)ccc32)cc1. The van der Waals surface area contributed by atoms with Crippen LogP contribution < -0.4 is 4.74 Å². The first-order chi connectivity index (χ1) is 19.3. The topological polar surface area (TPSA) is 9.23 Å². The van der Waals surface area contributed by atoms with Crippen molar-refractivity contribution in [2.75, 3.05) is 0 Å². The summed E-state index contributed by atoms with van der Waals surface area (Å²) in [6.45, 7) is 0. The van der Waals surface area contributed by atoms with Gasteiger partial charge in [0, 0.05) is 31.3 Å². The molecule has 0 amide bonds. The van der Waals surface area contributed by atoms with Gasteiger partial charge in [-0.15, -0.1) is 11.3 Å². The zero-order valence-corrected chi connectivity index (χ0v) is 22.0. The Morgan fingerprint density at radius 2 is 1.13 bits per heavy atom. The molecule has 0 atom stereocenters. The van der Waals surface area contributed by atoms with Crippen molar-refractivity contribution in [1.82, 2.24) is 0 Å². The molecule has 0 aliphatic carbocycles. The highest BCUT2D eigenvalue weighted by atomic mass is 32.1. The number of rotatable bonds is 3. The molecule has 6 aromatic carbocycles. The smallest absolute Gasteiger partial charge is 0.132 e. The van der Waals surface area contributed by atoms with Crippen LogP contribution in [0.3, 0.4) is 0 Å². The summed E-state index contributed by atoms with van der Waals surface area (Å²) in [5, 5.41) is 2.62. The molecule has 7 aromatic rings. The van der Waals surface area contributed by atoms with E-state index in [2.05, 4.69) is 146 Å². The summed E-state index contributed by atoms with van der Waals surface area (Å²) in [7, 11) is 0. The van der Waals surface area contributed by atoms with Crippen molar-refractivity contribution in [3.8, 4) is 22.6 Å². The molecule has 184 valence electrons. The van der Waals surface area contributed by atoms with Crippen molar-refractivity contribution in [2.24, 2.45) is 0 Å². The van der Waals surface area contributed by atoms with Crippen LogP contribution in [0.15, 0.2) is 146 Å². The summed E-state index contributed by atoms with van der Waals surface area (Å²) < 4.78 is 9.34. The number of fused-ring (bicyclic) bond motifs is 5. The minimum Gasteiger partial charge on any atom is -0.457 e. The van der Waals surface area contributed by atoms with Crippen LogP contribution in [0.4, 0.5) is 0 Å². The maximum atomic E-state index is 6.72. The Balaban J connectivity index is 1.43. The largest absolute Gasteiger partial charge is 0.457 e. The van der Waals surface area contributed by atoms with Gasteiger partial charge in [0.25, 0.3) is 0 Å². The number of para-hydroxylation sites is 1. The molecular formula is C37H24OS. The van der Waals surface area contributed by atoms with Crippen molar-refractivity contribution >= 4 is 31.5 Å². The predicted octanol–water partition coefficient (Wildman–Crippen LogP) is 10.2. The monoisotopic (exact) mass is 516 g/mol. The van der Waals surface area contributed by atoms with E-state index in [4.69, 9.17) is 4.74 Å². The van der Waals surface area contributed by atoms with Crippen LogP contribution in [0.25, 0.3) is 31.3 Å². The van der Waals surface area contributed by atoms with Crippen molar-refractivity contribution in [3.05, 3.63) is 168 Å². The fourth-order valence-corrected chi connectivity index (χ4v) is 7.53. The van der Waals surface area contributed by atoms with Gasteiger partial charge in [-0.05, 0) is 46.5 Å². The van der Waals surface area contributed by atoms with Crippen LogP contribution in [0, 0.1) is 0 Å². The number of hydrogen-bond donors (Lipinski definition) is 0. The molecule has 8 rings (SSSR count). The average molecular weight is 517 g/mol. The Labute approximate surface area is 231 Å². The molecule has 1 aliphatic heterocycles. The second-order valence-corrected chi connectivity index (χ2v) is 11.2. The van der Waals surface area contributed by atoms with Crippen LogP contribution in [-0.2, 0) is 5.41 Å². The third-order valence-electron chi connectivity index (χ3n) is 8.02. The van der Waals surface area contributed by atoms with Crippen LogP contribution in [0.5, 0.6) is 11.5 Å². The molecule has 0 bridgehead atoms. The highest BCUT2D eigenvalue weighted by Gasteiger charge is 2.45. The van der Waals surface area contributed by atoms with Gasteiger partial charge in [0.2, 0.25) is 0 Å². The molecular weight excluding hydrogens is 492 g/mol. The number of hydrogen-bond acceptors (Lipinski definition) is 2. The van der Waals surface area contributed by atoms with Crippen molar-refractivity contribution in [3.63, 3.8) is 0 Å². The van der Waals surface area contributed by atoms with Crippen LogP contribution in [-0.4, -0.2) is 0 Å². The lowest BCUT2D eigenvalue weighted by Gasteiger charge is -2.41. The fourth-order valence-electron chi connectivity index (χ4n) is 6.39. The molecule has 39 heavy (non-hydrogen) atoms. The summed E-state index contributed by atoms with van der Waals surface area (Å²) in [4.78, 5) is 0. The lowest BCUT2D eigenvalue weighted by Crippen LogP contribution is -2.34. The van der Waals surface area contributed by atoms with Crippen molar-refractivity contribution < 1.29 is 4.74 Å². The zero-order chi connectivity index (χ0) is 25.8. The van der Waals surface area contributed by atoms with E-state index in [1.165, 1.54) is 36.9 Å². The molecule has 2 heteroatoms. The van der Waals surface area contributed by atoms with Gasteiger partial charge in [-0.3, -0.25) is 0 Å². The normalized spacial score (nSPS) is 13.5. The van der Waals surface area contributed by atoms with Crippen LogP contribution in [0.2, 0.25) is 0 Å². The Kier molecular flexibility index (Phi) is 4.98. The van der Waals surface area contributed by atoms with E-state index in [0.29, 0.717) is 0 Å². The van der Waals surface area contributed by atoms with E-state index in [1.807, 2.05) is 11.3 Å². The Morgan fingerprint density at radius 3 is 1.92 bits per heavy atom. The van der Waals surface area contributed by atoms with Crippen molar-refractivity contribution in [1.29, 1.82) is 0 Å². The van der Waals surface area contributed by atoms with E-state index in [-0.39, 0.29) is 0 Å². The van der Waals surface area contributed by atoms with E-state index in [9.17, 15) is 0 Å². The second kappa shape index (κ2) is 8.69. The average Bonchev–Trinajstić information content (AvgIpc) is 3.39. The van der Waals surface area contributed by atoms with Gasteiger partial charge in [0.1, 0.15) is 11.5 Å². The Hall–Kier alpha value is -4.66. The van der Waals surface area contributed by atoms with Crippen molar-refractivity contribution in [2.45, 2.75) is 5.41 Å². The first-order valence-corrected chi connectivity index (χ1v) is 14.1. The van der Waals surface area contributed by atoms with Gasteiger partial charge in [-0.25, -0.2) is 0 Å². The third-order valence-corrected chi connectivity index (χ3v) is 9.16. The molecule has 2 heterocycles. The van der Waals surface area contributed by atoms with Gasteiger partial charge in [0.05, 0.1) is 5.41 Å². The minimum atomic E-state index is -0.494. The van der Waals surface area contributed by atoms with Gasteiger partial charge in [0.15, 0.2) is 0 Å². The Morgan fingerprint density at radius 1 is 0.487 bits per heavy atom. The van der Waals surface area contributed by atoms with Crippen LogP contribution >= 0.6 is 11.3 Å². The van der Waals surface area contributed by atoms with Crippen LogP contribution in [0.1, 0.15) is 22.3 Å². The molecule has 0 radical (unpaired) electrons. The maximum absolute atomic E-state index is 6.72. The van der Waals surface area contributed by atoms with E-state index >= 15 is 0 Å². The molecule has 1 nitrogen and oxygen atoms in total. The minimum absolute atomic E-state index is 0.494. The van der Waals surface area contributed by atoms with E-state index in [1.54, 1.807) is 0 Å². The van der Waals surface area contributed by atoms with Gasteiger partial charge < -0.3 is 4.74 Å². The second-order valence-electron chi connectivity index (χ2n) is 10.1. The highest BCUT2D eigenvalue weighted by molar-refractivity contribution is 7.25. The first-order valence-electron chi connectivity index (χ1n) is 13.3. The summed E-state index contributed by atoms with van der Waals surface area (Å²) in [6, 6.07) is 52.3. The lowest BCUT2D eigenvalue weighted by atomic mass is 9.63. The maximum Gasteiger partial charge on any atom is 0.132 e. The molecule has 1 aromatic heterocycles. The number of thiophene rings is 1. The highest BCUT2D eigenvalue weighted by Crippen LogP contribution is 2.56. The molecule has 0 N–H and O–H groups in total. The molecule has 0 saturated carbocycles. The van der Waals surface area contributed by atoms with Gasteiger partial charge in [-0.1, -0.05) is 121 Å². The fraction of sp³-hybridized carbons (Fsp3) is 0.0270. The molecule has 0 spiro atoms. The Bertz CT molecular complexity index is 1950. The van der Waals surface area contributed by atoms with E-state index in [0.717, 1.165) is 28.2 Å². The summed E-state index contributed by atoms with van der Waals surface area (Å²) in [6.07, 6.45) is 0. The first kappa shape index (κ1) is 22.3. The lowest BCUT2D eigenvalue weighted by molar-refractivity contribution is 0.435. The predicted molar refractivity (Wildman–Crippen MR) is 163 cm³/mol. The zero-order valence-electron chi connectivity index (χ0n) is 21.2. The quantitative estimate of drug-likeness (QED) is 0.227. The molecule has 0 saturated heterocycles. The third kappa shape index (κ3) is 3.25. The molecule has 0 fully saturated rings. The summed E-state index contributed by atoms with van der Waals surface area (Å²) >= 11 is 1.85. The number of ether oxygens (including phenoxy) is 1. The van der Waals surface area contributed by atoms with Gasteiger partial charge >= 0.3 is 0 Å². The molecule has 1 aliphatic rings. The summed E-state index contributed by atoms with van der Waals surface area (Å²) in [5.41, 5.74) is 6.68. The summed E-state index contributed by atoms with van der Waals surface area (Å²) in [5.74, 6) is 1.80. The van der Waals surface area contributed by atoms with Gasteiger partial charge in [-0.2, -0.15) is 0 Å². The molecule has 0 unspecified atom stereocenters. The number of benzene rings is 6. The van der Waals surface area contributed by atoms with E-state index < -0.39 is 5.41 Å².